The van der Waals surface area contributed by atoms with Crippen LogP contribution in [0.5, 0.6) is 0 Å². The van der Waals surface area contributed by atoms with Gasteiger partial charge in [0, 0.05) is 42.5 Å². The number of piperidine rings is 1. The Morgan fingerprint density at radius 3 is 2.59 bits per heavy atom. The smallest absolute Gasteiger partial charge is 0.253 e. The number of likely N-dealkylation sites (tertiary alicyclic amines) is 1. The first-order valence-corrected chi connectivity index (χ1v) is 11.7. The summed E-state index contributed by atoms with van der Waals surface area (Å²) in [6.07, 6.45) is 6.85. The predicted octanol–water partition coefficient (Wildman–Crippen LogP) is 4.58. The summed E-state index contributed by atoms with van der Waals surface area (Å²) >= 11 is 1.71. The summed E-state index contributed by atoms with van der Waals surface area (Å²) in [7, 11) is 0. The van der Waals surface area contributed by atoms with Gasteiger partial charge in [-0.05, 0) is 54.0 Å². The van der Waals surface area contributed by atoms with Crippen molar-refractivity contribution in [3.05, 3.63) is 90.1 Å². The Morgan fingerprint density at radius 2 is 1.91 bits per heavy atom. The molecule has 0 spiro atoms. The summed E-state index contributed by atoms with van der Waals surface area (Å²) < 4.78 is 0. The van der Waals surface area contributed by atoms with E-state index in [0.717, 1.165) is 5.56 Å². The lowest BCUT2D eigenvalue weighted by Gasteiger charge is -2.41. The first kappa shape index (κ1) is 22.0. The Kier molecular flexibility index (Phi) is 6.81. The summed E-state index contributed by atoms with van der Waals surface area (Å²) in [6.45, 7) is 5.26. The minimum absolute atomic E-state index is 0.00723. The van der Waals surface area contributed by atoms with Gasteiger partial charge in [-0.15, -0.1) is 17.9 Å². The van der Waals surface area contributed by atoms with Gasteiger partial charge in [0.15, 0.2) is 0 Å². The van der Waals surface area contributed by atoms with Gasteiger partial charge in [-0.3, -0.25) is 14.6 Å². The summed E-state index contributed by atoms with van der Waals surface area (Å²) in [5.74, 6) is 0.0297. The molecule has 1 aliphatic rings. The highest BCUT2D eigenvalue weighted by molar-refractivity contribution is 7.13. The first-order valence-electron chi connectivity index (χ1n) is 10.8. The summed E-state index contributed by atoms with van der Waals surface area (Å²) in [5.41, 5.74) is 2.39. The summed E-state index contributed by atoms with van der Waals surface area (Å²) in [5, 5.41) is 5.09. The van der Waals surface area contributed by atoms with Crippen molar-refractivity contribution >= 4 is 23.2 Å². The van der Waals surface area contributed by atoms with Crippen molar-refractivity contribution in [2.45, 2.75) is 19.3 Å². The highest BCUT2D eigenvalue weighted by atomic mass is 32.1. The van der Waals surface area contributed by atoms with Gasteiger partial charge >= 0.3 is 0 Å². The minimum atomic E-state index is -0.549. The number of pyridine rings is 1. The Bertz CT molecular complexity index is 1070. The van der Waals surface area contributed by atoms with Gasteiger partial charge in [0.25, 0.3) is 5.91 Å². The number of benzene rings is 1. The quantitative estimate of drug-likeness (QED) is 0.542. The molecule has 0 atom stereocenters. The highest BCUT2D eigenvalue weighted by Gasteiger charge is 2.42. The van der Waals surface area contributed by atoms with Crippen LogP contribution in [-0.4, -0.2) is 41.3 Å². The number of rotatable bonds is 7. The molecular weight excluding hydrogens is 418 g/mol. The number of carbonyl (C=O) groups is 2. The molecule has 3 aromatic rings. The molecule has 0 aliphatic carbocycles. The molecule has 0 bridgehead atoms. The van der Waals surface area contributed by atoms with E-state index in [2.05, 4.69) is 52.6 Å². The zero-order valence-electron chi connectivity index (χ0n) is 18.0. The SMILES string of the molecule is C=CCNC(=O)C1(Cc2cccc(-c3cccs3)c2)CCN(C(=O)c2ccncc2)CC1. The number of amides is 2. The second kappa shape index (κ2) is 9.92. The molecule has 1 aromatic carbocycles. The van der Waals surface area contributed by atoms with E-state index in [1.165, 1.54) is 10.4 Å². The van der Waals surface area contributed by atoms with Crippen molar-refractivity contribution in [2.75, 3.05) is 19.6 Å². The molecule has 1 aliphatic heterocycles. The predicted molar refractivity (Wildman–Crippen MR) is 128 cm³/mol. The molecule has 5 nitrogen and oxygen atoms in total. The molecule has 4 rings (SSSR count). The lowest BCUT2D eigenvalue weighted by molar-refractivity contribution is -0.133. The molecule has 2 amide bonds. The van der Waals surface area contributed by atoms with Crippen molar-refractivity contribution in [3.63, 3.8) is 0 Å². The monoisotopic (exact) mass is 445 g/mol. The van der Waals surface area contributed by atoms with Crippen molar-refractivity contribution in [3.8, 4) is 10.4 Å². The zero-order valence-corrected chi connectivity index (χ0v) is 18.8. The third-order valence-electron chi connectivity index (χ3n) is 6.10. The highest BCUT2D eigenvalue weighted by Crippen LogP contribution is 2.37. The van der Waals surface area contributed by atoms with E-state index >= 15 is 0 Å². The number of hydrogen-bond donors (Lipinski definition) is 1. The van der Waals surface area contributed by atoms with Crippen LogP contribution in [0.3, 0.4) is 0 Å². The number of thiophene rings is 1. The molecule has 1 saturated heterocycles. The fourth-order valence-electron chi connectivity index (χ4n) is 4.32. The standard InChI is InChI=1S/C26H27N3O2S/c1-2-12-28-25(31)26(19-20-5-3-6-22(18-20)23-7-4-17-32-23)10-15-29(16-11-26)24(30)21-8-13-27-14-9-21/h2-9,13-14,17-18H,1,10-12,15-16,19H2,(H,28,31). The summed E-state index contributed by atoms with van der Waals surface area (Å²) in [4.78, 5) is 33.2. The van der Waals surface area contributed by atoms with E-state index in [-0.39, 0.29) is 11.8 Å². The first-order chi connectivity index (χ1) is 15.6. The van der Waals surface area contributed by atoms with Gasteiger partial charge in [-0.25, -0.2) is 0 Å². The molecule has 6 heteroatoms. The maximum atomic E-state index is 13.3. The van der Waals surface area contributed by atoms with E-state index in [4.69, 9.17) is 0 Å². The van der Waals surface area contributed by atoms with Crippen LogP contribution in [0, 0.1) is 5.41 Å². The van der Waals surface area contributed by atoms with E-state index < -0.39 is 5.41 Å². The van der Waals surface area contributed by atoms with Crippen LogP contribution in [0.25, 0.3) is 10.4 Å². The molecule has 1 fully saturated rings. The largest absolute Gasteiger partial charge is 0.352 e. The molecule has 0 saturated carbocycles. The van der Waals surface area contributed by atoms with Gasteiger partial charge in [0.2, 0.25) is 5.91 Å². The Hall–Kier alpha value is -3.25. The van der Waals surface area contributed by atoms with Crippen LogP contribution >= 0.6 is 11.3 Å². The second-order valence-corrected chi connectivity index (χ2v) is 9.11. The molecule has 2 aromatic heterocycles. The third kappa shape index (κ3) is 4.81. The molecule has 32 heavy (non-hydrogen) atoms. The summed E-state index contributed by atoms with van der Waals surface area (Å²) in [6, 6.07) is 16.1. The van der Waals surface area contributed by atoms with Crippen molar-refractivity contribution in [1.82, 2.24) is 15.2 Å². The number of aromatic nitrogens is 1. The maximum absolute atomic E-state index is 13.3. The van der Waals surface area contributed by atoms with Crippen molar-refractivity contribution in [2.24, 2.45) is 5.41 Å². The van der Waals surface area contributed by atoms with Crippen LogP contribution in [0.1, 0.15) is 28.8 Å². The van der Waals surface area contributed by atoms with Gasteiger partial charge in [-0.1, -0.05) is 36.4 Å². The lowest BCUT2D eigenvalue weighted by atomic mass is 9.72. The van der Waals surface area contributed by atoms with Crippen LogP contribution in [0.4, 0.5) is 0 Å². The van der Waals surface area contributed by atoms with E-state index in [1.54, 1.807) is 41.9 Å². The fourth-order valence-corrected chi connectivity index (χ4v) is 5.04. The molecule has 0 radical (unpaired) electrons. The van der Waals surface area contributed by atoms with Crippen LogP contribution in [0.2, 0.25) is 0 Å². The van der Waals surface area contributed by atoms with Gasteiger partial charge in [0.1, 0.15) is 0 Å². The number of hydrogen-bond acceptors (Lipinski definition) is 4. The van der Waals surface area contributed by atoms with E-state index in [9.17, 15) is 9.59 Å². The van der Waals surface area contributed by atoms with Crippen LogP contribution in [-0.2, 0) is 11.2 Å². The average molecular weight is 446 g/mol. The van der Waals surface area contributed by atoms with Gasteiger partial charge in [-0.2, -0.15) is 0 Å². The van der Waals surface area contributed by atoms with Crippen LogP contribution < -0.4 is 5.32 Å². The Balaban J connectivity index is 1.54. The number of nitrogens with zero attached hydrogens (tertiary/aromatic N) is 2. The molecule has 0 unspecified atom stereocenters. The molecule has 1 N–H and O–H groups in total. The third-order valence-corrected chi connectivity index (χ3v) is 7.02. The van der Waals surface area contributed by atoms with Crippen molar-refractivity contribution in [1.29, 1.82) is 0 Å². The topological polar surface area (TPSA) is 62.3 Å². The Morgan fingerprint density at radius 1 is 1.12 bits per heavy atom. The average Bonchev–Trinajstić information content (AvgIpc) is 3.38. The van der Waals surface area contributed by atoms with Gasteiger partial charge < -0.3 is 10.2 Å². The minimum Gasteiger partial charge on any atom is -0.352 e. The van der Waals surface area contributed by atoms with Gasteiger partial charge in [0.05, 0.1) is 5.41 Å². The molecule has 3 heterocycles. The van der Waals surface area contributed by atoms with Crippen molar-refractivity contribution < 1.29 is 9.59 Å². The number of nitrogens with one attached hydrogen (secondary N) is 1. The fraction of sp³-hybridized carbons (Fsp3) is 0.269. The molecular formula is C26H27N3O2S. The van der Waals surface area contributed by atoms with E-state index in [0.29, 0.717) is 44.5 Å². The Labute approximate surface area is 192 Å². The lowest BCUT2D eigenvalue weighted by Crippen LogP contribution is -2.51. The normalized spacial score (nSPS) is 15.2. The van der Waals surface area contributed by atoms with E-state index in [1.807, 2.05) is 11.0 Å². The zero-order chi connectivity index (χ0) is 22.4. The molecule has 164 valence electrons. The second-order valence-electron chi connectivity index (χ2n) is 8.16. The number of carbonyl (C=O) groups excluding carboxylic acids is 2. The maximum Gasteiger partial charge on any atom is 0.253 e. The van der Waals surface area contributed by atoms with Crippen LogP contribution in [0.15, 0.2) is 79.0 Å².